The number of carbonyl (C=O) groups excluding carboxylic acids is 1. The molecule has 0 amide bonds. The van der Waals surface area contributed by atoms with Gasteiger partial charge in [-0.05, 0) is 100 Å². The summed E-state index contributed by atoms with van der Waals surface area (Å²) in [5.74, 6) is 1.16. The maximum Gasteiger partial charge on any atom is 0.327 e. The van der Waals surface area contributed by atoms with Crippen molar-refractivity contribution in [1.29, 1.82) is 0 Å². The van der Waals surface area contributed by atoms with Gasteiger partial charge in [0.2, 0.25) is 0 Å². The van der Waals surface area contributed by atoms with E-state index in [2.05, 4.69) is 62.5 Å². The van der Waals surface area contributed by atoms with Gasteiger partial charge in [0.1, 0.15) is 0 Å². The van der Waals surface area contributed by atoms with Crippen molar-refractivity contribution >= 4 is 51.2 Å². The molecule has 2 fully saturated rings. The van der Waals surface area contributed by atoms with E-state index in [0.717, 1.165) is 49.3 Å². The van der Waals surface area contributed by atoms with Gasteiger partial charge >= 0.3 is 5.97 Å². The fourth-order valence-corrected chi connectivity index (χ4v) is 8.95. The van der Waals surface area contributed by atoms with Crippen LogP contribution in [0.3, 0.4) is 0 Å². The zero-order chi connectivity index (χ0) is 26.0. The molecule has 0 spiro atoms. The van der Waals surface area contributed by atoms with Gasteiger partial charge in [-0.25, -0.2) is 0 Å². The second-order valence-electron chi connectivity index (χ2n) is 11.4. The number of aromatic amines is 1. The number of likely N-dealkylation sites (tertiary alicyclic amines) is 1. The minimum Gasteiger partial charge on any atom is -0.468 e. The van der Waals surface area contributed by atoms with Gasteiger partial charge in [0.05, 0.1) is 12.7 Å². The standard InChI is InChI=1S/C29H42IN3O3S/c1-3-28(35)17-21-18-29(30,27(34)36-2)26-23(10-14-33(19-21)20-28)24-16-22(8-9-25(24)31-26)37-15-7-13-32-11-5-4-6-12-32/h8-9,16,21,31,35H,3-7,10-15,17-20H2,1-2H3/t21-,28+,29+/m1/s1. The van der Waals surface area contributed by atoms with Crippen LogP contribution in [0, 0.1) is 5.92 Å². The van der Waals surface area contributed by atoms with Crippen LogP contribution >= 0.6 is 34.4 Å². The normalized spacial score (nSPS) is 30.8. The lowest BCUT2D eigenvalue weighted by atomic mass is 9.79. The molecule has 2 saturated heterocycles. The molecule has 1 aromatic heterocycles. The second-order valence-corrected chi connectivity index (χ2v) is 14.4. The minimum atomic E-state index is -0.796. The van der Waals surface area contributed by atoms with Crippen molar-refractivity contribution in [3.8, 4) is 0 Å². The Morgan fingerprint density at radius 3 is 2.81 bits per heavy atom. The Hall–Kier alpha value is -0.810. The first-order chi connectivity index (χ1) is 17.8. The quantitative estimate of drug-likeness (QED) is 0.140. The van der Waals surface area contributed by atoms with Gasteiger partial charge < -0.3 is 19.7 Å². The van der Waals surface area contributed by atoms with Crippen LogP contribution in [0.2, 0.25) is 0 Å². The zero-order valence-electron chi connectivity index (χ0n) is 22.4. The highest BCUT2D eigenvalue weighted by Gasteiger charge is 2.48. The van der Waals surface area contributed by atoms with Crippen molar-refractivity contribution in [2.24, 2.45) is 5.92 Å². The molecule has 37 heavy (non-hydrogen) atoms. The van der Waals surface area contributed by atoms with Crippen LogP contribution in [0.15, 0.2) is 23.1 Å². The summed E-state index contributed by atoms with van der Waals surface area (Å²) in [5.41, 5.74) is 2.64. The number of aliphatic hydroxyl groups is 1. The van der Waals surface area contributed by atoms with Gasteiger partial charge in [-0.1, -0.05) is 35.9 Å². The summed E-state index contributed by atoms with van der Waals surface area (Å²) in [7, 11) is 1.49. The molecule has 4 atom stereocenters. The highest BCUT2D eigenvalue weighted by molar-refractivity contribution is 14.1. The fraction of sp³-hybridized carbons (Fsp3) is 0.690. The Kier molecular flexibility index (Phi) is 8.80. The topological polar surface area (TPSA) is 68.8 Å². The molecular weight excluding hydrogens is 597 g/mol. The second kappa shape index (κ2) is 11.7. The molecule has 1 unspecified atom stereocenters. The lowest BCUT2D eigenvalue weighted by Crippen LogP contribution is -2.52. The predicted molar refractivity (Wildman–Crippen MR) is 160 cm³/mol. The number of fused-ring (bicyclic) bond motifs is 5. The summed E-state index contributed by atoms with van der Waals surface area (Å²) in [5, 5.41) is 12.5. The Morgan fingerprint density at radius 1 is 1.24 bits per heavy atom. The van der Waals surface area contributed by atoms with E-state index in [1.54, 1.807) is 0 Å². The van der Waals surface area contributed by atoms with Gasteiger partial charge in [0.15, 0.2) is 3.42 Å². The number of carbonyl (C=O) groups is 1. The molecule has 3 aliphatic heterocycles. The Bertz CT molecular complexity index is 1100. The van der Waals surface area contributed by atoms with Crippen molar-refractivity contribution in [3.63, 3.8) is 0 Å². The number of halogens is 1. The largest absolute Gasteiger partial charge is 0.468 e. The number of benzene rings is 1. The third-order valence-electron chi connectivity index (χ3n) is 8.73. The number of aromatic nitrogens is 1. The molecule has 4 heterocycles. The first kappa shape index (κ1) is 27.7. The van der Waals surface area contributed by atoms with Gasteiger partial charge in [0.25, 0.3) is 0 Å². The molecule has 8 heteroatoms. The van der Waals surface area contributed by atoms with Crippen molar-refractivity contribution < 1.29 is 14.6 Å². The van der Waals surface area contributed by atoms with E-state index in [1.165, 1.54) is 68.3 Å². The van der Waals surface area contributed by atoms with Crippen molar-refractivity contribution in [3.05, 3.63) is 29.5 Å². The maximum absolute atomic E-state index is 13.3. The highest BCUT2D eigenvalue weighted by atomic mass is 127. The summed E-state index contributed by atoms with van der Waals surface area (Å²) in [4.78, 5) is 23.3. The average Bonchev–Trinajstić information content (AvgIpc) is 3.29. The number of esters is 1. The molecule has 6 nitrogen and oxygen atoms in total. The van der Waals surface area contributed by atoms with E-state index >= 15 is 0 Å². The first-order valence-corrected chi connectivity index (χ1v) is 16.1. The lowest BCUT2D eigenvalue weighted by Gasteiger charge is -2.44. The van der Waals surface area contributed by atoms with E-state index in [4.69, 9.17) is 4.74 Å². The first-order valence-electron chi connectivity index (χ1n) is 14.1. The number of thioether (sulfide) groups is 1. The van der Waals surface area contributed by atoms with E-state index < -0.39 is 9.02 Å². The maximum atomic E-state index is 13.3. The molecule has 2 N–H and O–H groups in total. The molecule has 204 valence electrons. The third kappa shape index (κ3) is 6.03. The van der Waals surface area contributed by atoms with Crippen molar-refractivity contribution in [2.75, 3.05) is 52.1 Å². The predicted octanol–water partition coefficient (Wildman–Crippen LogP) is 5.35. The number of hydrogen-bond donors (Lipinski definition) is 2. The van der Waals surface area contributed by atoms with Crippen LogP contribution in [0.4, 0.5) is 0 Å². The number of nitrogens with zero attached hydrogens (tertiary/aromatic N) is 2. The summed E-state index contributed by atoms with van der Waals surface area (Å²) >= 11 is 4.28. The molecule has 1 aromatic carbocycles. The van der Waals surface area contributed by atoms with E-state index in [9.17, 15) is 9.90 Å². The fourth-order valence-electron chi connectivity index (χ4n) is 6.77. The number of hydrogen-bond acceptors (Lipinski definition) is 6. The van der Waals surface area contributed by atoms with E-state index in [1.807, 2.05) is 11.8 Å². The zero-order valence-corrected chi connectivity index (χ0v) is 25.3. The number of piperidine rings is 2. The molecule has 0 radical (unpaired) electrons. The summed E-state index contributed by atoms with van der Waals surface area (Å²) in [6.45, 7) is 8.31. The van der Waals surface area contributed by atoms with Gasteiger partial charge in [-0.15, -0.1) is 11.8 Å². The van der Waals surface area contributed by atoms with E-state index in [-0.39, 0.29) is 11.9 Å². The average molecular weight is 640 g/mol. The number of ether oxygens (including phenoxy) is 1. The number of nitrogens with one attached hydrogen (secondary N) is 1. The summed E-state index contributed by atoms with van der Waals surface area (Å²) in [6, 6.07) is 6.73. The number of rotatable bonds is 7. The molecular formula is C29H42IN3O3S. The molecule has 5 rings (SSSR count). The summed E-state index contributed by atoms with van der Waals surface area (Å²) in [6.07, 6.45) is 8.28. The number of H-pyrrole nitrogens is 1. The Labute approximate surface area is 239 Å². The van der Waals surface area contributed by atoms with Crippen molar-refractivity contribution in [1.82, 2.24) is 14.8 Å². The van der Waals surface area contributed by atoms with Crippen LogP contribution in [-0.4, -0.2) is 83.6 Å². The van der Waals surface area contributed by atoms with Crippen molar-refractivity contribution in [2.45, 2.75) is 72.2 Å². The summed E-state index contributed by atoms with van der Waals surface area (Å²) < 4.78 is 4.59. The molecule has 0 saturated carbocycles. The van der Waals surface area contributed by atoms with Gasteiger partial charge in [0, 0.05) is 41.1 Å². The van der Waals surface area contributed by atoms with Crippen LogP contribution < -0.4 is 0 Å². The van der Waals surface area contributed by atoms with Crippen LogP contribution in [0.5, 0.6) is 0 Å². The third-order valence-corrected chi connectivity index (χ3v) is 11.2. The van der Waals surface area contributed by atoms with Crippen LogP contribution in [-0.2, 0) is 19.4 Å². The molecule has 3 aliphatic rings. The van der Waals surface area contributed by atoms with Crippen LogP contribution in [0.1, 0.15) is 63.1 Å². The number of methoxy groups -OCH3 is 1. The molecule has 2 aromatic rings. The number of alkyl halides is 1. The highest BCUT2D eigenvalue weighted by Crippen LogP contribution is 2.47. The lowest BCUT2D eigenvalue weighted by molar-refractivity contribution is -0.144. The molecule has 2 bridgehead atoms. The Morgan fingerprint density at radius 2 is 2.05 bits per heavy atom. The van der Waals surface area contributed by atoms with Gasteiger partial charge in [-0.3, -0.25) is 9.69 Å². The molecule has 0 aliphatic carbocycles. The smallest absolute Gasteiger partial charge is 0.327 e. The monoisotopic (exact) mass is 639 g/mol. The minimum absolute atomic E-state index is 0.202. The SMILES string of the molecule is CC[C@]1(O)C[C@H]2CN(CCc3c([nH]c4ccc(SCCCN5CCCCC5)cc34)[C@](I)(C(=O)OC)C2)C1. The van der Waals surface area contributed by atoms with Gasteiger partial charge in [-0.2, -0.15) is 0 Å². The van der Waals surface area contributed by atoms with E-state index in [0.29, 0.717) is 13.0 Å². The van der Waals surface area contributed by atoms with Crippen LogP contribution in [0.25, 0.3) is 10.9 Å². The Balaban J connectivity index is 1.41.